The summed E-state index contributed by atoms with van der Waals surface area (Å²) in [4.78, 5) is 73.5. The lowest BCUT2D eigenvalue weighted by Crippen LogP contribution is -2.64. The second kappa shape index (κ2) is 10.7. The molecule has 0 saturated carbocycles. The standard InChI is InChI=1S/C22H26N4O7/c27-13-15(12-20(30)31)23-21(32)17-7-4-10-25-19(29)9-8-16(22(33)26(17)25)24-18(28)11-14-5-2-1-3-6-14/h1-3,5-6,13,15-17H,4,7-12H2,(H,23,32)(H,24,28)(H,30,31)/t15-,16-,17-/m0/s1. The van der Waals surface area contributed by atoms with Gasteiger partial charge in [-0.3, -0.25) is 29.0 Å². The van der Waals surface area contributed by atoms with E-state index in [0.717, 1.165) is 10.6 Å². The average Bonchev–Trinajstić information content (AvgIpc) is 2.91. The van der Waals surface area contributed by atoms with Crippen molar-refractivity contribution in [3.8, 4) is 0 Å². The van der Waals surface area contributed by atoms with Gasteiger partial charge in [-0.1, -0.05) is 30.3 Å². The number of hydrogen-bond acceptors (Lipinski definition) is 6. The summed E-state index contributed by atoms with van der Waals surface area (Å²) >= 11 is 0. The molecule has 0 unspecified atom stereocenters. The first-order chi connectivity index (χ1) is 15.8. The van der Waals surface area contributed by atoms with Gasteiger partial charge < -0.3 is 20.5 Å². The minimum absolute atomic E-state index is 0.0167. The van der Waals surface area contributed by atoms with E-state index in [1.165, 1.54) is 5.01 Å². The summed E-state index contributed by atoms with van der Waals surface area (Å²) in [5, 5.41) is 16.2. The van der Waals surface area contributed by atoms with Gasteiger partial charge in [-0.2, -0.15) is 0 Å². The molecule has 11 nitrogen and oxygen atoms in total. The molecule has 3 atom stereocenters. The van der Waals surface area contributed by atoms with Crippen LogP contribution < -0.4 is 10.6 Å². The number of amides is 4. The number of nitrogens with one attached hydrogen (secondary N) is 2. The lowest BCUT2D eigenvalue weighted by atomic mass is 10.0. The smallest absolute Gasteiger partial charge is 0.305 e. The van der Waals surface area contributed by atoms with E-state index >= 15 is 0 Å². The van der Waals surface area contributed by atoms with E-state index in [0.29, 0.717) is 12.7 Å². The highest BCUT2D eigenvalue weighted by Crippen LogP contribution is 2.25. The molecule has 176 valence electrons. The van der Waals surface area contributed by atoms with Gasteiger partial charge in [-0.25, -0.2) is 5.01 Å². The highest BCUT2D eigenvalue weighted by atomic mass is 16.4. The molecular formula is C22H26N4O7. The zero-order valence-corrected chi connectivity index (χ0v) is 17.9. The lowest BCUT2D eigenvalue weighted by Gasteiger charge is -2.43. The second-order valence-corrected chi connectivity index (χ2v) is 8.03. The third kappa shape index (κ3) is 5.93. The zero-order valence-electron chi connectivity index (χ0n) is 17.9. The predicted molar refractivity (Wildman–Crippen MR) is 113 cm³/mol. The Kier molecular flexibility index (Phi) is 7.75. The maximum Gasteiger partial charge on any atom is 0.305 e. The Morgan fingerprint density at radius 1 is 1.15 bits per heavy atom. The average molecular weight is 458 g/mol. The summed E-state index contributed by atoms with van der Waals surface area (Å²) in [7, 11) is 0. The maximum atomic E-state index is 13.3. The Hall–Kier alpha value is -3.76. The highest BCUT2D eigenvalue weighted by Gasteiger charge is 2.44. The van der Waals surface area contributed by atoms with Gasteiger partial charge in [0, 0.05) is 13.0 Å². The van der Waals surface area contributed by atoms with Gasteiger partial charge in [0.1, 0.15) is 18.4 Å². The Labute approximate surface area is 190 Å². The number of rotatable bonds is 8. The molecule has 2 aliphatic heterocycles. The van der Waals surface area contributed by atoms with Crippen molar-refractivity contribution in [3.05, 3.63) is 35.9 Å². The Morgan fingerprint density at radius 2 is 1.88 bits per heavy atom. The fourth-order valence-corrected chi connectivity index (χ4v) is 4.03. The van der Waals surface area contributed by atoms with E-state index in [1.807, 2.05) is 6.07 Å². The quantitative estimate of drug-likeness (QED) is 0.440. The van der Waals surface area contributed by atoms with Crippen molar-refractivity contribution in [2.75, 3.05) is 6.54 Å². The van der Waals surface area contributed by atoms with E-state index in [9.17, 15) is 28.8 Å². The number of carbonyl (C=O) groups is 6. The number of hydrogen-bond donors (Lipinski definition) is 3. The number of nitrogens with zero attached hydrogens (tertiary/aromatic N) is 2. The van der Waals surface area contributed by atoms with Gasteiger partial charge in [0.2, 0.25) is 17.7 Å². The van der Waals surface area contributed by atoms with E-state index in [1.54, 1.807) is 24.3 Å². The van der Waals surface area contributed by atoms with Crippen LogP contribution in [0.4, 0.5) is 0 Å². The van der Waals surface area contributed by atoms with Crippen LogP contribution in [0.5, 0.6) is 0 Å². The van der Waals surface area contributed by atoms with Crippen LogP contribution >= 0.6 is 0 Å². The molecule has 3 rings (SSSR count). The molecule has 3 N–H and O–H groups in total. The number of carboxylic acids is 1. The Morgan fingerprint density at radius 3 is 2.55 bits per heavy atom. The third-order valence-corrected chi connectivity index (χ3v) is 5.59. The van der Waals surface area contributed by atoms with Gasteiger partial charge in [0.05, 0.1) is 18.9 Å². The summed E-state index contributed by atoms with van der Waals surface area (Å²) in [6.45, 7) is 0.241. The van der Waals surface area contributed by atoms with Gasteiger partial charge in [-0.15, -0.1) is 0 Å². The molecule has 2 fully saturated rings. The minimum atomic E-state index is -1.26. The summed E-state index contributed by atoms with van der Waals surface area (Å²) in [5.74, 6) is -3.32. The zero-order chi connectivity index (χ0) is 24.0. The van der Waals surface area contributed by atoms with Crippen molar-refractivity contribution >= 4 is 35.9 Å². The molecule has 11 heteroatoms. The van der Waals surface area contributed by atoms with E-state index in [2.05, 4.69) is 10.6 Å². The molecule has 0 aromatic heterocycles. The number of benzene rings is 1. The van der Waals surface area contributed by atoms with Crippen LogP contribution in [-0.2, 0) is 35.2 Å². The van der Waals surface area contributed by atoms with Gasteiger partial charge >= 0.3 is 5.97 Å². The fraction of sp³-hybridized carbons (Fsp3) is 0.455. The summed E-state index contributed by atoms with van der Waals surface area (Å²) in [5.41, 5.74) is 0.766. The van der Waals surface area contributed by atoms with Crippen LogP contribution in [-0.4, -0.2) is 75.7 Å². The van der Waals surface area contributed by atoms with Crippen LogP contribution in [0.25, 0.3) is 0 Å². The van der Waals surface area contributed by atoms with Crippen molar-refractivity contribution < 1.29 is 33.9 Å². The number of aldehydes is 1. The molecular weight excluding hydrogens is 432 g/mol. The molecule has 0 radical (unpaired) electrons. The molecule has 4 amide bonds. The first-order valence-electron chi connectivity index (χ1n) is 10.7. The SMILES string of the molecule is O=C[C@H](CC(=O)O)NC(=O)[C@@H]1CCCN2C(=O)CC[C@H](NC(=O)Cc3ccccc3)C(=O)N12. The number of carboxylic acid groups (broad SMARTS) is 1. The summed E-state index contributed by atoms with van der Waals surface area (Å²) in [6.07, 6.45) is 0.556. The van der Waals surface area contributed by atoms with E-state index < -0.39 is 42.3 Å². The van der Waals surface area contributed by atoms with Crippen LogP contribution in [0.3, 0.4) is 0 Å². The largest absolute Gasteiger partial charge is 0.481 e. The van der Waals surface area contributed by atoms with Crippen molar-refractivity contribution in [1.29, 1.82) is 0 Å². The fourth-order valence-electron chi connectivity index (χ4n) is 4.03. The molecule has 2 aliphatic rings. The van der Waals surface area contributed by atoms with Crippen molar-refractivity contribution in [2.24, 2.45) is 0 Å². The first-order valence-corrected chi connectivity index (χ1v) is 10.7. The predicted octanol–water partition coefficient (Wildman–Crippen LogP) is -0.599. The van der Waals surface area contributed by atoms with Crippen LogP contribution in [0.2, 0.25) is 0 Å². The number of fused-ring (bicyclic) bond motifs is 1. The Bertz CT molecular complexity index is 936. The monoisotopic (exact) mass is 458 g/mol. The van der Waals surface area contributed by atoms with Crippen molar-refractivity contribution in [1.82, 2.24) is 20.7 Å². The topological polar surface area (TPSA) is 153 Å². The number of hydrazine groups is 1. The molecule has 2 heterocycles. The lowest BCUT2D eigenvalue weighted by molar-refractivity contribution is -0.176. The van der Waals surface area contributed by atoms with Crippen LogP contribution in [0, 0.1) is 0 Å². The van der Waals surface area contributed by atoms with Crippen LogP contribution in [0.1, 0.15) is 37.7 Å². The van der Waals surface area contributed by atoms with E-state index in [-0.39, 0.29) is 44.0 Å². The number of aliphatic carboxylic acids is 1. The molecule has 1 aromatic rings. The van der Waals surface area contributed by atoms with Crippen molar-refractivity contribution in [2.45, 2.75) is 56.7 Å². The van der Waals surface area contributed by atoms with Crippen molar-refractivity contribution in [3.63, 3.8) is 0 Å². The summed E-state index contributed by atoms with van der Waals surface area (Å²) < 4.78 is 0. The Balaban J connectivity index is 1.76. The summed E-state index contributed by atoms with van der Waals surface area (Å²) in [6, 6.07) is 5.63. The molecule has 0 bridgehead atoms. The second-order valence-electron chi connectivity index (χ2n) is 8.03. The molecule has 1 aromatic carbocycles. The maximum absolute atomic E-state index is 13.3. The normalized spacial score (nSPS) is 21.5. The third-order valence-electron chi connectivity index (χ3n) is 5.59. The van der Waals surface area contributed by atoms with Crippen LogP contribution in [0.15, 0.2) is 30.3 Å². The first kappa shape index (κ1) is 23.9. The van der Waals surface area contributed by atoms with Gasteiger partial charge in [-0.05, 0) is 24.8 Å². The van der Waals surface area contributed by atoms with E-state index in [4.69, 9.17) is 5.11 Å². The molecule has 0 spiro atoms. The molecule has 33 heavy (non-hydrogen) atoms. The minimum Gasteiger partial charge on any atom is -0.481 e. The molecule has 2 saturated heterocycles. The van der Waals surface area contributed by atoms with Gasteiger partial charge in [0.25, 0.3) is 5.91 Å². The molecule has 0 aliphatic carbocycles. The highest BCUT2D eigenvalue weighted by molar-refractivity contribution is 5.96. The number of carbonyl (C=O) groups excluding carboxylic acids is 5. The van der Waals surface area contributed by atoms with Gasteiger partial charge in [0.15, 0.2) is 0 Å².